The van der Waals surface area contributed by atoms with Crippen LogP contribution in [-0.2, 0) is 13.1 Å². The number of ether oxygens (including phenoxy) is 2. The topological polar surface area (TPSA) is 30.5 Å². The Hall–Kier alpha value is -1.23. The molecule has 2 aromatic rings. The van der Waals surface area contributed by atoms with Crippen molar-refractivity contribution in [3.8, 4) is 11.5 Å². The fraction of sp³-hybridized carbons (Fsp3) is 0.250. The Balaban J connectivity index is 2.00. The van der Waals surface area contributed by atoms with Crippen molar-refractivity contribution in [1.82, 2.24) is 5.32 Å². The molecule has 0 atom stereocenters. The first-order chi connectivity index (χ1) is 10.1. The van der Waals surface area contributed by atoms with Gasteiger partial charge in [0, 0.05) is 34.2 Å². The van der Waals surface area contributed by atoms with Crippen LogP contribution >= 0.6 is 27.5 Å². The van der Waals surface area contributed by atoms with Crippen molar-refractivity contribution >= 4 is 27.5 Å². The van der Waals surface area contributed by atoms with E-state index < -0.39 is 0 Å². The van der Waals surface area contributed by atoms with Gasteiger partial charge >= 0.3 is 0 Å². The minimum Gasteiger partial charge on any atom is -0.497 e. The molecule has 0 aliphatic carbocycles. The highest BCUT2D eigenvalue weighted by atomic mass is 79.9. The Morgan fingerprint density at radius 3 is 2.38 bits per heavy atom. The van der Waals surface area contributed by atoms with E-state index in [2.05, 4.69) is 21.2 Å². The van der Waals surface area contributed by atoms with Crippen molar-refractivity contribution in [1.29, 1.82) is 0 Å². The normalized spacial score (nSPS) is 10.5. The van der Waals surface area contributed by atoms with Crippen LogP contribution in [0.3, 0.4) is 0 Å². The summed E-state index contributed by atoms with van der Waals surface area (Å²) in [5, 5.41) is 4.12. The quantitative estimate of drug-likeness (QED) is 0.817. The van der Waals surface area contributed by atoms with Crippen LogP contribution in [0.15, 0.2) is 40.9 Å². The maximum absolute atomic E-state index is 5.94. The molecule has 0 spiro atoms. The minimum atomic E-state index is 0.711. The lowest BCUT2D eigenvalue weighted by atomic mass is 10.1. The smallest absolute Gasteiger partial charge is 0.127 e. The molecule has 0 aromatic heterocycles. The highest BCUT2D eigenvalue weighted by Crippen LogP contribution is 2.25. The number of hydrogen-bond acceptors (Lipinski definition) is 3. The second kappa shape index (κ2) is 7.69. The van der Waals surface area contributed by atoms with Gasteiger partial charge in [-0.15, -0.1) is 0 Å². The highest BCUT2D eigenvalue weighted by molar-refractivity contribution is 9.10. The van der Waals surface area contributed by atoms with Crippen molar-refractivity contribution in [3.05, 3.63) is 57.0 Å². The molecule has 0 fully saturated rings. The van der Waals surface area contributed by atoms with E-state index in [1.165, 1.54) is 0 Å². The molecule has 112 valence electrons. The Bertz CT molecular complexity index is 619. The SMILES string of the molecule is COc1ccc(CNCc2ccc(Cl)cc2Br)c(OC)c1. The Labute approximate surface area is 138 Å². The lowest BCUT2D eigenvalue weighted by molar-refractivity contribution is 0.390. The summed E-state index contributed by atoms with van der Waals surface area (Å²) in [6.45, 7) is 1.45. The fourth-order valence-corrected chi connectivity index (χ4v) is 2.82. The molecular weight excluding hydrogens is 354 g/mol. The lowest BCUT2D eigenvalue weighted by Gasteiger charge is -2.12. The first-order valence-corrected chi connectivity index (χ1v) is 7.66. The van der Waals surface area contributed by atoms with Gasteiger partial charge in [-0.05, 0) is 23.8 Å². The highest BCUT2D eigenvalue weighted by Gasteiger charge is 2.06. The van der Waals surface area contributed by atoms with Gasteiger partial charge in [-0.1, -0.05) is 39.7 Å². The van der Waals surface area contributed by atoms with E-state index >= 15 is 0 Å². The van der Waals surface area contributed by atoms with Gasteiger partial charge in [0.15, 0.2) is 0 Å². The maximum atomic E-state index is 5.94. The molecule has 21 heavy (non-hydrogen) atoms. The summed E-state index contributed by atoms with van der Waals surface area (Å²) < 4.78 is 11.6. The van der Waals surface area contributed by atoms with Gasteiger partial charge in [-0.25, -0.2) is 0 Å². The minimum absolute atomic E-state index is 0.711. The molecule has 0 amide bonds. The van der Waals surface area contributed by atoms with E-state index in [0.29, 0.717) is 6.54 Å². The van der Waals surface area contributed by atoms with Crippen LogP contribution in [0.4, 0.5) is 0 Å². The monoisotopic (exact) mass is 369 g/mol. The molecule has 2 rings (SSSR count). The molecule has 5 heteroatoms. The second-order valence-electron chi connectivity index (χ2n) is 4.52. The van der Waals surface area contributed by atoms with E-state index in [1.807, 2.05) is 36.4 Å². The van der Waals surface area contributed by atoms with Crippen molar-refractivity contribution in [2.75, 3.05) is 14.2 Å². The summed E-state index contributed by atoms with van der Waals surface area (Å²) in [5.41, 5.74) is 2.25. The van der Waals surface area contributed by atoms with E-state index in [-0.39, 0.29) is 0 Å². The number of nitrogens with one attached hydrogen (secondary N) is 1. The van der Waals surface area contributed by atoms with Crippen LogP contribution in [0, 0.1) is 0 Å². The van der Waals surface area contributed by atoms with Crippen molar-refractivity contribution in [3.63, 3.8) is 0 Å². The van der Waals surface area contributed by atoms with Gasteiger partial charge in [0.05, 0.1) is 14.2 Å². The van der Waals surface area contributed by atoms with Crippen LogP contribution in [0.1, 0.15) is 11.1 Å². The van der Waals surface area contributed by atoms with E-state index in [0.717, 1.165) is 38.7 Å². The predicted molar refractivity (Wildman–Crippen MR) is 89.2 cm³/mol. The standard InChI is InChI=1S/C16H17BrClNO2/c1-20-14-6-4-12(16(8-14)21-2)10-19-9-11-3-5-13(18)7-15(11)17/h3-8,19H,9-10H2,1-2H3. The van der Waals surface area contributed by atoms with Gasteiger partial charge in [0.2, 0.25) is 0 Å². The van der Waals surface area contributed by atoms with Gasteiger partial charge in [-0.3, -0.25) is 0 Å². The van der Waals surface area contributed by atoms with Crippen LogP contribution in [0.2, 0.25) is 5.02 Å². The lowest BCUT2D eigenvalue weighted by Crippen LogP contribution is -2.13. The third kappa shape index (κ3) is 4.37. The summed E-state index contributed by atoms with van der Waals surface area (Å²) in [4.78, 5) is 0. The first kappa shape index (κ1) is 16.1. The molecule has 0 heterocycles. The van der Waals surface area contributed by atoms with Crippen molar-refractivity contribution in [2.24, 2.45) is 0 Å². The summed E-state index contributed by atoms with van der Waals surface area (Å²) in [7, 11) is 3.30. The van der Waals surface area contributed by atoms with Crippen molar-refractivity contribution in [2.45, 2.75) is 13.1 Å². The molecule has 0 bridgehead atoms. The number of rotatable bonds is 6. The van der Waals surface area contributed by atoms with Gasteiger partial charge in [0.1, 0.15) is 11.5 Å². The van der Waals surface area contributed by atoms with Crippen LogP contribution in [0.25, 0.3) is 0 Å². The average Bonchev–Trinajstić information content (AvgIpc) is 2.49. The van der Waals surface area contributed by atoms with Gasteiger partial charge < -0.3 is 14.8 Å². The molecule has 3 nitrogen and oxygen atoms in total. The molecule has 0 unspecified atom stereocenters. The average molecular weight is 371 g/mol. The zero-order valence-corrected chi connectivity index (χ0v) is 14.3. The number of methoxy groups -OCH3 is 2. The molecule has 0 aliphatic heterocycles. The number of hydrogen-bond donors (Lipinski definition) is 1. The van der Waals surface area contributed by atoms with Crippen LogP contribution in [-0.4, -0.2) is 14.2 Å². The maximum Gasteiger partial charge on any atom is 0.127 e. The molecule has 0 saturated heterocycles. The molecule has 0 aliphatic rings. The van der Waals surface area contributed by atoms with E-state index in [4.69, 9.17) is 21.1 Å². The fourth-order valence-electron chi connectivity index (χ4n) is 1.99. The summed E-state index contributed by atoms with van der Waals surface area (Å²) in [5.74, 6) is 1.60. The third-order valence-electron chi connectivity index (χ3n) is 3.14. The summed E-state index contributed by atoms with van der Waals surface area (Å²) in [6, 6.07) is 11.6. The molecular formula is C16H17BrClNO2. The predicted octanol–water partition coefficient (Wildman–Crippen LogP) is 4.41. The van der Waals surface area contributed by atoms with Gasteiger partial charge in [-0.2, -0.15) is 0 Å². The van der Waals surface area contributed by atoms with Crippen molar-refractivity contribution < 1.29 is 9.47 Å². The Morgan fingerprint density at radius 1 is 1.00 bits per heavy atom. The zero-order chi connectivity index (χ0) is 15.2. The molecule has 2 aromatic carbocycles. The third-order valence-corrected chi connectivity index (χ3v) is 4.11. The van der Waals surface area contributed by atoms with E-state index in [1.54, 1.807) is 14.2 Å². The largest absolute Gasteiger partial charge is 0.497 e. The Morgan fingerprint density at radius 2 is 1.71 bits per heavy atom. The van der Waals surface area contributed by atoms with Crippen LogP contribution in [0.5, 0.6) is 11.5 Å². The summed E-state index contributed by atoms with van der Waals surface area (Å²) >= 11 is 9.45. The van der Waals surface area contributed by atoms with Crippen LogP contribution < -0.4 is 14.8 Å². The number of halogens is 2. The first-order valence-electron chi connectivity index (χ1n) is 6.49. The Kier molecular flexibility index (Phi) is 5.91. The molecule has 1 N–H and O–H groups in total. The summed E-state index contributed by atoms with van der Waals surface area (Å²) in [6.07, 6.45) is 0. The zero-order valence-electron chi connectivity index (χ0n) is 12.0. The van der Waals surface area contributed by atoms with E-state index in [9.17, 15) is 0 Å². The second-order valence-corrected chi connectivity index (χ2v) is 5.81. The molecule has 0 radical (unpaired) electrons. The number of benzene rings is 2. The van der Waals surface area contributed by atoms with Gasteiger partial charge in [0.25, 0.3) is 0 Å². The molecule has 0 saturated carbocycles.